The van der Waals surface area contributed by atoms with Crippen LogP contribution in [0.5, 0.6) is 0 Å². The molecule has 2 unspecified atom stereocenters. The van der Waals surface area contributed by atoms with Gasteiger partial charge in [-0.25, -0.2) is 8.37 Å². The summed E-state index contributed by atoms with van der Waals surface area (Å²) in [5.74, 6) is 0. The number of hydrogen-bond donors (Lipinski definition) is 3. The van der Waals surface area contributed by atoms with Gasteiger partial charge in [0.1, 0.15) is 12.2 Å². The Morgan fingerprint density at radius 1 is 0.417 bits per heavy atom. The Kier molecular flexibility index (Phi) is 8.99. The Balaban J connectivity index is 0.000000131. The van der Waals surface area contributed by atoms with E-state index in [0.717, 1.165) is 137 Å². The van der Waals surface area contributed by atoms with E-state index in [2.05, 4.69) is 107 Å². The van der Waals surface area contributed by atoms with Crippen LogP contribution in [0.25, 0.3) is 187 Å². The molecule has 0 saturated carbocycles. The van der Waals surface area contributed by atoms with Gasteiger partial charge in [0.25, 0.3) is 0 Å². The number of aliphatic hydroxyl groups excluding tert-OH is 1. The number of aryl methyl sites for hydroxylation is 2. The van der Waals surface area contributed by atoms with Crippen molar-refractivity contribution in [1.29, 1.82) is 0 Å². The van der Waals surface area contributed by atoms with Gasteiger partial charge in [-0.1, -0.05) is 78.9 Å². The summed E-state index contributed by atoms with van der Waals surface area (Å²) >= 11 is 0. The molecule has 15 heteroatoms. The van der Waals surface area contributed by atoms with Crippen molar-refractivity contribution in [3.8, 4) is 0 Å². The molecule has 12 aromatic rings. The van der Waals surface area contributed by atoms with Crippen molar-refractivity contribution in [1.82, 2.24) is 0 Å². The molecule has 1 saturated heterocycles. The van der Waals surface area contributed by atoms with E-state index < -0.39 is 43.4 Å². The quantitative estimate of drug-likeness (QED) is 0.170. The summed E-state index contributed by atoms with van der Waals surface area (Å²) < 4.78 is 91.4. The highest BCUT2D eigenvalue weighted by Gasteiger charge is 2.48. The number of benzene rings is 8. The van der Waals surface area contributed by atoms with Crippen LogP contribution in [0.15, 0.2) is 24.3 Å². The molecule has 2 aliphatic carbocycles. The van der Waals surface area contributed by atoms with Gasteiger partial charge in [0.05, 0.1) is 0 Å². The second-order valence-electron chi connectivity index (χ2n) is 18.8. The van der Waals surface area contributed by atoms with Gasteiger partial charge in [-0.3, -0.25) is 9.11 Å². The Labute approximate surface area is 409 Å². The topological polar surface area (TPSA) is 191 Å². The summed E-state index contributed by atoms with van der Waals surface area (Å²) in [4.78, 5) is 0. The molecule has 358 valence electrons. The molecule has 0 radical (unpaired) electrons. The SMILES string of the molecule is C=c1c2c3c4c(c(=C)c(=C)c5cc6c(=C)c(=C)c7cc(c1=C)c3c(c76)c54)C1OS(=O)(=O)OC21.C=c1c2c3c4c(c(=C)c(=C)c5cc6c(=C)c(=C)c7cc(c1=C)c3c(c76)c54)CC2.CO.O=S(=O)(O)OS(=O)(=O)O.[H+]. The van der Waals surface area contributed by atoms with Crippen molar-refractivity contribution in [2.75, 3.05) is 7.11 Å². The average molecular weight is 1010 g/mol. The van der Waals surface area contributed by atoms with Gasteiger partial charge in [0.15, 0.2) is 0 Å². The van der Waals surface area contributed by atoms with Gasteiger partial charge in [-0.15, -0.1) is 3.63 Å². The molecule has 0 bridgehead atoms. The Hall–Kier alpha value is -7.15. The lowest BCUT2D eigenvalue weighted by atomic mass is 9.83. The largest absolute Gasteiger partial charge is 1.00 e. The van der Waals surface area contributed by atoms with E-state index in [0.29, 0.717) is 10.4 Å². The lowest BCUT2D eigenvalue weighted by Gasteiger charge is -2.25. The molecular formula is C57H41O12S3+. The molecule has 12 aromatic carbocycles. The standard InChI is InChI=1S/C28H16O4S.C28H18.CH4O.H2O7S2/c1-9-10(2)16-8-18-12(4)14(6)20-25-23(18)26-21(16)15(9)7-17-11(3)13(5)19(24(25)22(17)26)27-28(20)32-33(29,30)31-27;1-11-13(3)21-9-19-15(5)16(6)20-10-22-14(4)12(2)18-8-7-17(11)24-25(18)27(22)28(23(19)20)26(21)24;1-2;1-8(2,3)7-9(4,5)6/h7-8,27-28H,1-6H2;9-10H,1-8H2;2H,1H3;(H,1,2,3)(H,4,5,6)/p+1. The number of hydrogen-bond acceptors (Lipinski definition) is 10. The van der Waals surface area contributed by atoms with Crippen molar-refractivity contribution in [2.24, 2.45) is 0 Å². The zero-order valence-corrected chi connectivity index (χ0v) is 41.1. The van der Waals surface area contributed by atoms with Crippen LogP contribution in [-0.2, 0) is 56.0 Å². The van der Waals surface area contributed by atoms with E-state index in [1.807, 2.05) is 0 Å². The zero-order valence-electron chi connectivity index (χ0n) is 39.6. The Morgan fingerprint density at radius 3 is 0.944 bits per heavy atom. The first-order chi connectivity index (χ1) is 33.7. The fraction of sp³-hybridized carbons (Fsp3) is 0.0877. The van der Waals surface area contributed by atoms with Crippen LogP contribution < -0.4 is 62.6 Å². The normalized spacial score (nSPS) is 17.3. The highest BCUT2D eigenvalue weighted by molar-refractivity contribution is 7.94. The van der Waals surface area contributed by atoms with Crippen LogP contribution in [0.1, 0.15) is 35.9 Å². The second kappa shape index (κ2) is 14.1. The summed E-state index contributed by atoms with van der Waals surface area (Å²) in [7, 11) is -13.4. The summed E-state index contributed by atoms with van der Waals surface area (Å²) in [5.41, 5.74) is 4.19. The van der Waals surface area contributed by atoms with Crippen molar-refractivity contribution in [2.45, 2.75) is 25.0 Å². The number of aliphatic hydroxyl groups is 1. The van der Waals surface area contributed by atoms with E-state index in [1.165, 1.54) is 65.0 Å². The van der Waals surface area contributed by atoms with Gasteiger partial charge in [0.2, 0.25) is 0 Å². The van der Waals surface area contributed by atoms with Crippen LogP contribution in [0.4, 0.5) is 0 Å². The molecule has 15 rings (SSSR count). The third-order valence-corrected chi connectivity index (χ3v) is 18.0. The van der Waals surface area contributed by atoms with Gasteiger partial charge in [-0.2, -0.15) is 25.3 Å². The van der Waals surface area contributed by atoms with Crippen LogP contribution >= 0.6 is 0 Å². The molecular weight excluding hydrogens is 973 g/mol. The first-order valence-corrected chi connectivity index (χ1v) is 26.2. The fourth-order valence-electron chi connectivity index (χ4n) is 12.8. The van der Waals surface area contributed by atoms with E-state index in [1.54, 1.807) is 0 Å². The van der Waals surface area contributed by atoms with E-state index >= 15 is 0 Å². The molecule has 1 aliphatic heterocycles. The van der Waals surface area contributed by atoms with Gasteiger partial charge >= 0.3 is 32.6 Å². The van der Waals surface area contributed by atoms with E-state index in [4.69, 9.17) is 22.6 Å². The van der Waals surface area contributed by atoms with E-state index in [9.17, 15) is 25.3 Å². The predicted octanol–water partition coefficient (Wildman–Crippen LogP) is 2.27. The molecule has 0 spiro atoms. The van der Waals surface area contributed by atoms with Crippen molar-refractivity contribution >= 4 is 218 Å². The fourth-order valence-corrected chi connectivity index (χ4v) is 14.6. The number of fused-ring (bicyclic) bond motifs is 3. The maximum absolute atomic E-state index is 12.4. The van der Waals surface area contributed by atoms with Crippen LogP contribution in [-0.4, -0.2) is 46.6 Å². The molecule has 3 N–H and O–H groups in total. The Bertz CT molecular complexity index is 5290. The second-order valence-corrected chi connectivity index (χ2v) is 22.2. The molecule has 72 heavy (non-hydrogen) atoms. The molecule has 12 nitrogen and oxygen atoms in total. The lowest BCUT2D eigenvalue weighted by molar-refractivity contribution is 0.158. The van der Waals surface area contributed by atoms with Crippen LogP contribution in [0.2, 0.25) is 0 Å². The molecule has 1 fully saturated rings. The number of rotatable bonds is 2. The lowest BCUT2D eigenvalue weighted by Crippen LogP contribution is -2.35. The minimum Gasteiger partial charge on any atom is -0.400 e. The molecule has 0 aromatic heterocycles. The maximum atomic E-state index is 12.4. The maximum Gasteiger partial charge on any atom is 1.00 e. The van der Waals surface area contributed by atoms with Gasteiger partial charge in [0, 0.05) is 18.2 Å². The summed E-state index contributed by atoms with van der Waals surface area (Å²) in [6, 6.07) is 8.81. The molecule has 2 atom stereocenters. The van der Waals surface area contributed by atoms with Crippen LogP contribution in [0.3, 0.4) is 0 Å². The van der Waals surface area contributed by atoms with Gasteiger partial charge in [-0.05, 0) is 219 Å². The highest BCUT2D eigenvalue weighted by atomic mass is 32.3. The smallest absolute Gasteiger partial charge is 0.400 e. The Morgan fingerprint density at radius 2 is 0.667 bits per heavy atom. The van der Waals surface area contributed by atoms with Crippen molar-refractivity contribution in [3.05, 3.63) is 109 Å². The minimum atomic E-state index is -5.12. The third kappa shape index (κ3) is 5.46. The molecule has 1 heterocycles. The van der Waals surface area contributed by atoms with E-state index in [-0.39, 0.29) is 1.43 Å². The summed E-state index contributed by atoms with van der Waals surface area (Å²) in [5, 5.41) is 41.2. The van der Waals surface area contributed by atoms with Crippen molar-refractivity contribution < 1.29 is 52.9 Å². The monoisotopic (exact) mass is 1010 g/mol. The summed E-state index contributed by atoms with van der Waals surface area (Å²) in [6.45, 7) is 52.4. The minimum absolute atomic E-state index is 0. The van der Waals surface area contributed by atoms with Crippen LogP contribution in [0, 0.1) is 0 Å². The molecule has 3 aliphatic rings. The summed E-state index contributed by atoms with van der Waals surface area (Å²) in [6.07, 6.45) is 0.310. The predicted molar refractivity (Wildman–Crippen MR) is 294 cm³/mol. The average Bonchev–Trinajstić information content (AvgIpc) is 4.08. The first kappa shape index (κ1) is 46.0. The highest BCUT2D eigenvalue weighted by Crippen LogP contribution is 2.55. The van der Waals surface area contributed by atoms with Gasteiger partial charge < -0.3 is 5.11 Å². The third-order valence-electron chi connectivity index (χ3n) is 15.7. The zero-order chi connectivity index (χ0) is 51.8. The molecule has 0 amide bonds. The first-order valence-electron chi connectivity index (χ1n) is 22.1. The van der Waals surface area contributed by atoms with Crippen molar-refractivity contribution in [3.63, 3.8) is 0 Å².